The Kier molecular flexibility index (Phi) is 9.27. The summed E-state index contributed by atoms with van der Waals surface area (Å²) in [6.45, 7) is 26.4. The lowest BCUT2D eigenvalue weighted by atomic mass is 9.84. The third-order valence-electron chi connectivity index (χ3n) is 5.68. The highest BCUT2D eigenvalue weighted by Gasteiger charge is 2.35. The van der Waals surface area contributed by atoms with Crippen LogP contribution in [-0.4, -0.2) is 22.4 Å². The summed E-state index contributed by atoms with van der Waals surface area (Å²) >= 11 is 5.21. The van der Waals surface area contributed by atoms with Crippen LogP contribution in [0.15, 0.2) is 77.3 Å². The van der Waals surface area contributed by atoms with Gasteiger partial charge in [0.25, 0.3) is 0 Å². The first-order valence-corrected chi connectivity index (χ1v) is 15.9. The molecule has 0 saturated heterocycles. The predicted octanol–water partition coefficient (Wildman–Crippen LogP) is 10.7. The Morgan fingerprint density at radius 3 is 1.62 bits per heavy atom. The van der Waals surface area contributed by atoms with E-state index in [4.69, 9.17) is 9.15 Å². The van der Waals surface area contributed by atoms with Crippen LogP contribution in [0.3, 0.4) is 0 Å². The molecule has 1 aromatic rings. The first-order valence-electron chi connectivity index (χ1n) is 13.4. The maximum Gasteiger partial charge on any atom is 0.389 e. The molecule has 0 aromatic carbocycles. The molecule has 0 unspecified atom stereocenters. The smallest absolute Gasteiger partial charge is 0.389 e. The molecule has 2 aliphatic rings. The van der Waals surface area contributed by atoms with E-state index in [2.05, 4.69) is 95.2 Å². The van der Waals surface area contributed by atoms with Gasteiger partial charge < -0.3 is 4.74 Å². The highest BCUT2D eigenvalue weighted by Crippen LogP contribution is 2.49. The van der Waals surface area contributed by atoms with E-state index < -0.39 is 0 Å². The molecule has 0 N–H and O–H groups in total. The number of rotatable bonds is 5. The lowest BCUT2D eigenvalue weighted by Gasteiger charge is -2.32. The van der Waals surface area contributed by atoms with E-state index >= 15 is 0 Å². The van der Waals surface area contributed by atoms with E-state index in [1.54, 1.807) is 30.6 Å². The molecule has 2 heterocycles. The third-order valence-corrected chi connectivity index (χ3v) is 9.61. The molecule has 39 heavy (non-hydrogen) atoms. The van der Waals surface area contributed by atoms with Crippen molar-refractivity contribution in [2.24, 2.45) is 10.8 Å². The van der Waals surface area contributed by atoms with E-state index in [9.17, 15) is 4.79 Å². The van der Waals surface area contributed by atoms with Crippen LogP contribution >= 0.6 is 35.3 Å². The van der Waals surface area contributed by atoms with Gasteiger partial charge >= 0.3 is 10.2 Å². The van der Waals surface area contributed by atoms with Crippen molar-refractivity contribution in [3.8, 4) is 0 Å². The molecule has 0 bridgehead atoms. The van der Waals surface area contributed by atoms with Crippen LogP contribution in [0.1, 0.15) is 88.6 Å². The minimum Gasteiger partial charge on any atom is -0.495 e. The molecule has 1 aliphatic heterocycles. The fraction of sp³-hybridized carbons (Fsp3) is 0.515. The van der Waals surface area contributed by atoms with Crippen molar-refractivity contribution in [3.05, 3.63) is 68.2 Å². The summed E-state index contributed by atoms with van der Waals surface area (Å²) in [7, 11) is 1.64. The standard InChI is InChI=1S/C33H45O3S3/c1-30(2,3)24-16-20(17-25(37-24)31(4,5)6)14-22-28(34)23(29(22)35-13)15-21-18-26(38-32(7,8)9)36-27(19-21)39-33(10,11)12/h14-19H,1-13H3/q+1/b23-15-. The number of Topliss-reactive ketones (excluding diaryl/α,β-unsaturated/α-hetero) is 1. The molecule has 0 atom stereocenters. The number of allylic oxidation sites excluding steroid dienone is 8. The molecular formula is C33H45O3S3+. The number of hydrogen-bond donors (Lipinski definition) is 0. The monoisotopic (exact) mass is 585 g/mol. The zero-order valence-corrected chi connectivity index (χ0v) is 28.4. The maximum absolute atomic E-state index is 13.5. The zero-order chi connectivity index (χ0) is 29.6. The fourth-order valence-electron chi connectivity index (χ4n) is 3.85. The average molecular weight is 586 g/mol. The summed E-state index contributed by atoms with van der Waals surface area (Å²) in [5, 5.41) is 1.67. The van der Waals surface area contributed by atoms with Gasteiger partial charge in [0.2, 0.25) is 5.78 Å². The summed E-state index contributed by atoms with van der Waals surface area (Å²) in [6, 6.07) is 4.03. The van der Waals surface area contributed by atoms with Gasteiger partial charge in [-0.15, -0.1) is 0 Å². The number of ketones is 1. The van der Waals surface area contributed by atoms with Crippen LogP contribution in [0.4, 0.5) is 0 Å². The summed E-state index contributed by atoms with van der Waals surface area (Å²) in [5.41, 5.74) is 3.22. The van der Waals surface area contributed by atoms with Crippen LogP contribution < -0.4 is 0 Å². The number of methoxy groups -OCH3 is 1. The number of carbonyl (C=O) groups excluding carboxylic acids is 1. The van der Waals surface area contributed by atoms with E-state index in [-0.39, 0.29) is 26.1 Å². The second-order valence-corrected chi connectivity index (χ2v) is 18.8. The Balaban J connectivity index is 2.07. The SMILES string of the molecule is COC1=C(C=C2C=C(C(C)(C)C)SC(C(C)(C)C)=C2)C(=O)/C1=C/c1cc(SC(C)(C)C)[o+]c(SC(C)(C)C)c1. The van der Waals surface area contributed by atoms with Gasteiger partial charge in [-0.25, -0.2) is 0 Å². The first-order chi connectivity index (χ1) is 17.7. The van der Waals surface area contributed by atoms with Crippen LogP contribution in [0, 0.1) is 10.8 Å². The minimum atomic E-state index is -0.000691. The second-order valence-electron chi connectivity index (χ2n) is 14.1. The first kappa shape index (κ1) is 31.9. The summed E-state index contributed by atoms with van der Waals surface area (Å²) in [5.74, 6) is 0.641. The van der Waals surface area contributed by atoms with Gasteiger partial charge in [-0.05, 0) is 79.6 Å². The van der Waals surface area contributed by atoms with E-state index in [1.165, 1.54) is 9.81 Å². The van der Waals surface area contributed by atoms with Gasteiger partial charge in [-0.1, -0.05) is 94.8 Å². The molecule has 0 saturated carbocycles. The van der Waals surface area contributed by atoms with E-state index in [0.29, 0.717) is 16.9 Å². The number of thioether (sulfide) groups is 3. The van der Waals surface area contributed by atoms with Crippen LogP contribution in [0.2, 0.25) is 0 Å². The summed E-state index contributed by atoms with van der Waals surface area (Å²) in [4.78, 5) is 16.1. The minimum absolute atomic E-state index is 0.000691. The molecular weight excluding hydrogens is 541 g/mol. The summed E-state index contributed by atoms with van der Waals surface area (Å²) in [6.07, 6.45) is 8.33. The van der Waals surface area contributed by atoms with Crippen LogP contribution in [-0.2, 0) is 9.53 Å². The topological polar surface area (TPSA) is 37.6 Å². The Labute approximate surface area is 249 Å². The number of ether oxygens (including phenoxy) is 1. The molecule has 3 rings (SSSR count). The summed E-state index contributed by atoms with van der Waals surface area (Å²) < 4.78 is 12.0. The Morgan fingerprint density at radius 1 is 0.769 bits per heavy atom. The molecule has 0 amide bonds. The van der Waals surface area contributed by atoms with Gasteiger partial charge in [0.15, 0.2) is 0 Å². The van der Waals surface area contributed by atoms with Crippen LogP contribution in [0.25, 0.3) is 6.08 Å². The largest absolute Gasteiger partial charge is 0.495 e. The lowest BCUT2D eigenvalue weighted by Crippen LogP contribution is -2.22. The molecule has 3 nitrogen and oxygen atoms in total. The predicted molar refractivity (Wildman–Crippen MR) is 172 cm³/mol. The average Bonchev–Trinajstić information content (AvgIpc) is 2.74. The van der Waals surface area contributed by atoms with Crippen molar-refractivity contribution in [1.82, 2.24) is 0 Å². The van der Waals surface area contributed by atoms with Gasteiger partial charge in [0.1, 0.15) is 5.76 Å². The van der Waals surface area contributed by atoms with Crippen molar-refractivity contribution >= 4 is 47.1 Å². The fourth-order valence-corrected chi connectivity index (χ4v) is 7.01. The molecule has 212 valence electrons. The third kappa shape index (κ3) is 8.68. The Bertz CT molecular complexity index is 1230. The molecule has 0 fully saturated rings. The highest BCUT2D eigenvalue weighted by molar-refractivity contribution is 8.06. The number of hydrogen-bond acceptors (Lipinski definition) is 5. The van der Waals surface area contributed by atoms with Crippen molar-refractivity contribution in [1.29, 1.82) is 0 Å². The normalized spacial score (nSPS) is 18.2. The van der Waals surface area contributed by atoms with Crippen molar-refractivity contribution < 1.29 is 13.9 Å². The van der Waals surface area contributed by atoms with Gasteiger partial charge in [0.05, 0.1) is 30.4 Å². The maximum atomic E-state index is 13.5. The van der Waals surface area contributed by atoms with Crippen molar-refractivity contribution in [2.45, 2.75) is 103 Å². The Hall–Kier alpha value is -1.63. The molecule has 6 heteroatoms. The number of carbonyl (C=O) groups is 1. The van der Waals surface area contributed by atoms with Crippen LogP contribution in [0.5, 0.6) is 0 Å². The Morgan fingerprint density at radius 2 is 1.23 bits per heavy atom. The molecule has 0 radical (unpaired) electrons. The van der Waals surface area contributed by atoms with Gasteiger partial charge in [-0.3, -0.25) is 4.79 Å². The highest BCUT2D eigenvalue weighted by atomic mass is 32.2. The van der Waals surface area contributed by atoms with Crippen molar-refractivity contribution in [2.75, 3.05) is 7.11 Å². The molecule has 1 aromatic heterocycles. The van der Waals surface area contributed by atoms with E-state index in [1.807, 2.05) is 36.0 Å². The quantitative estimate of drug-likeness (QED) is 0.194. The molecule has 1 aliphatic carbocycles. The van der Waals surface area contributed by atoms with Gasteiger partial charge in [-0.2, -0.15) is 4.42 Å². The molecule has 0 spiro atoms. The lowest BCUT2D eigenvalue weighted by molar-refractivity contribution is -0.113. The zero-order valence-electron chi connectivity index (χ0n) is 25.9. The van der Waals surface area contributed by atoms with Crippen molar-refractivity contribution in [3.63, 3.8) is 0 Å². The van der Waals surface area contributed by atoms with Gasteiger partial charge in [0, 0.05) is 9.49 Å². The second kappa shape index (κ2) is 11.3. The van der Waals surface area contributed by atoms with E-state index in [0.717, 1.165) is 21.3 Å².